The van der Waals surface area contributed by atoms with Gasteiger partial charge in [0, 0.05) is 31.4 Å². The van der Waals surface area contributed by atoms with Gasteiger partial charge in [0.1, 0.15) is 10.6 Å². The minimum atomic E-state index is -3.65. The summed E-state index contributed by atoms with van der Waals surface area (Å²) in [4.78, 5) is 3.48. The van der Waals surface area contributed by atoms with E-state index < -0.39 is 10.0 Å². The minimum absolute atomic E-state index is 0.0916. The molecule has 7 heteroatoms. The molecule has 0 N–H and O–H groups in total. The van der Waals surface area contributed by atoms with E-state index in [2.05, 4.69) is 24.0 Å². The van der Waals surface area contributed by atoms with Gasteiger partial charge in [-0.3, -0.25) is 0 Å². The largest absolute Gasteiger partial charge is 0.492 e. The average Bonchev–Trinajstić information content (AvgIpc) is 3.62. The highest BCUT2D eigenvalue weighted by Gasteiger charge is 2.37. The zero-order chi connectivity index (χ0) is 22.0. The first-order valence-electron chi connectivity index (χ1n) is 11.1. The second-order valence-electron chi connectivity index (χ2n) is 8.49. The highest BCUT2D eigenvalue weighted by molar-refractivity contribution is 7.98. The van der Waals surface area contributed by atoms with Crippen LogP contribution in [0.1, 0.15) is 39.0 Å². The lowest BCUT2D eigenvalue weighted by Gasteiger charge is -2.29. The van der Waals surface area contributed by atoms with Crippen molar-refractivity contribution in [2.24, 2.45) is 5.92 Å². The van der Waals surface area contributed by atoms with Gasteiger partial charge in [-0.1, -0.05) is 38.0 Å². The third-order valence-electron chi connectivity index (χ3n) is 6.23. The van der Waals surface area contributed by atoms with Crippen LogP contribution in [0.3, 0.4) is 0 Å². The quantitative estimate of drug-likeness (QED) is 0.485. The number of sulfonamides is 1. The second-order valence-corrected chi connectivity index (χ2v) is 11.3. The number of hydrogen-bond acceptors (Lipinski definition) is 5. The van der Waals surface area contributed by atoms with Crippen LogP contribution in [-0.2, 0) is 10.0 Å². The van der Waals surface area contributed by atoms with Crippen molar-refractivity contribution in [1.82, 2.24) is 4.31 Å². The Hall–Kier alpha value is -1.70. The number of unbranched alkanes of at least 4 members (excludes halogenated alkanes) is 1. The van der Waals surface area contributed by atoms with E-state index in [1.807, 2.05) is 30.5 Å². The van der Waals surface area contributed by atoms with Crippen molar-refractivity contribution in [3.8, 4) is 5.75 Å². The van der Waals surface area contributed by atoms with Crippen LogP contribution in [0.15, 0.2) is 52.3 Å². The van der Waals surface area contributed by atoms with Gasteiger partial charge in [-0.15, -0.1) is 11.8 Å². The van der Waals surface area contributed by atoms with Crippen LogP contribution in [0, 0.1) is 5.92 Å². The number of likely N-dealkylation sites (N-methyl/N-ethyl adjacent to an activating group) is 1. The summed E-state index contributed by atoms with van der Waals surface area (Å²) in [5, 5.41) is 0. The molecule has 0 amide bonds. The summed E-state index contributed by atoms with van der Waals surface area (Å²) >= 11 is 1.60. The predicted molar refractivity (Wildman–Crippen MR) is 128 cm³/mol. The molecule has 4 rings (SSSR count). The molecule has 1 aliphatic carbocycles. The van der Waals surface area contributed by atoms with Crippen LogP contribution in [0.2, 0.25) is 0 Å². The van der Waals surface area contributed by atoms with E-state index in [-0.39, 0.29) is 6.04 Å². The summed E-state index contributed by atoms with van der Waals surface area (Å²) in [6.45, 7) is 3.43. The molecule has 1 heterocycles. The Kier molecular flexibility index (Phi) is 6.84. The van der Waals surface area contributed by atoms with Crippen LogP contribution in [0.25, 0.3) is 0 Å². The third-order valence-corrected chi connectivity index (χ3v) is 8.93. The normalized spacial score (nSPS) is 20.9. The molecule has 0 spiro atoms. The molecule has 0 unspecified atom stereocenters. The van der Waals surface area contributed by atoms with Crippen LogP contribution >= 0.6 is 11.8 Å². The molecule has 2 aromatic rings. The number of fused-ring (bicyclic) bond motifs is 1. The highest BCUT2D eigenvalue weighted by atomic mass is 32.2. The maximum Gasteiger partial charge on any atom is 0.245 e. The fraction of sp³-hybridized carbons (Fsp3) is 0.500. The topological polar surface area (TPSA) is 49.9 Å². The monoisotopic (exact) mass is 460 g/mol. The summed E-state index contributed by atoms with van der Waals surface area (Å²) in [5.74, 6) is 1.28. The minimum Gasteiger partial charge on any atom is -0.492 e. The van der Waals surface area contributed by atoms with Crippen LogP contribution in [-0.4, -0.2) is 45.2 Å². The molecule has 2 aliphatic rings. The number of nitrogens with zero attached hydrogens (tertiary/aromatic N) is 2. The first-order chi connectivity index (χ1) is 15.0. The van der Waals surface area contributed by atoms with Crippen molar-refractivity contribution in [1.29, 1.82) is 0 Å². The van der Waals surface area contributed by atoms with Crippen LogP contribution in [0.4, 0.5) is 11.4 Å². The van der Waals surface area contributed by atoms with Crippen LogP contribution in [0.5, 0.6) is 5.75 Å². The van der Waals surface area contributed by atoms with Crippen molar-refractivity contribution < 1.29 is 13.2 Å². The Morgan fingerprint density at radius 1 is 1.16 bits per heavy atom. The predicted octanol–water partition coefficient (Wildman–Crippen LogP) is 5.53. The van der Waals surface area contributed by atoms with Crippen molar-refractivity contribution >= 4 is 33.2 Å². The fourth-order valence-electron chi connectivity index (χ4n) is 4.05. The molecule has 0 saturated heterocycles. The molecule has 1 atom stereocenters. The SMILES string of the molecule is CCCC[C@H]1CN(c2ccccc2)c2cc(SC)c(OCC3CC3)cc2S(=O)(=O)N1C. The summed E-state index contributed by atoms with van der Waals surface area (Å²) in [6.07, 6.45) is 7.28. The van der Waals surface area contributed by atoms with Gasteiger partial charge in [-0.2, -0.15) is 4.31 Å². The Morgan fingerprint density at radius 3 is 2.55 bits per heavy atom. The smallest absolute Gasteiger partial charge is 0.245 e. The van der Waals surface area contributed by atoms with Gasteiger partial charge >= 0.3 is 0 Å². The number of hydrogen-bond donors (Lipinski definition) is 0. The molecule has 0 radical (unpaired) electrons. The number of ether oxygens (including phenoxy) is 1. The lowest BCUT2D eigenvalue weighted by molar-refractivity contribution is 0.292. The fourth-order valence-corrected chi connectivity index (χ4v) is 6.17. The molecule has 31 heavy (non-hydrogen) atoms. The van der Waals surface area contributed by atoms with Gasteiger partial charge < -0.3 is 9.64 Å². The van der Waals surface area contributed by atoms with E-state index >= 15 is 0 Å². The molecule has 1 fully saturated rings. The molecule has 0 aromatic heterocycles. The van der Waals surface area contributed by atoms with Gasteiger partial charge in [0.2, 0.25) is 10.0 Å². The van der Waals surface area contributed by atoms with Gasteiger partial charge in [0.05, 0.1) is 17.2 Å². The Bertz CT molecular complexity index is 1010. The average molecular weight is 461 g/mol. The maximum absolute atomic E-state index is 13.7. The maximum atomic E-state index is 13.7. The van der Waals surface area contributed by atoms with Crippen molar-refractivity contribution in [2.45, 2.75) is 54.9 Å². The Morgan fingerprint density at radius 2 is 1.90 bits per heavy atom. The summed E-state index contributed by atoms with van der Waals surface area (Å²) in [6, 6.07) is 13.8. The number of thioether (sulfide) groups is 1. The molecule has 1 saturated carbocycles. The van der Waals surface area contributed by atoms with E-state index in [1.54, 1.807) is 29.2 Å². The lowest BCUT2D eigenvalue weighted by Crippen LogP contribution is -2.40. The third kappa shape index (κ3) is 4.73. The van der Waals surface area contributed by atoms with Gasteiger partial charge in [0.25, 0.3) is 0 Å². The molecule has 168 valence electrons. The van der Waals surface area contributed by atoms with E-state index in [0.29, 0.717) is 29.7 Å². The highest BCUT2D eigenvalue weighted by Crippen LogP contribution is 2.44. The number of rotatable bonds is 8. The van der Waals surface area contributed by atoms with Gasteiger partial charge in [-0.05, 0) is 49.6 Å². The molecule has 1 aliphatic heterocycles. The van der Waals surface area contributed by atoms with Crippen molar-refractivity contribution in [3.63, 3.8) is 0 Å². The summed E-state index contributed by atoms with van der Waals surface area (Å²) in [5.41, 5.74) is 1.75. The van der Waals surface area contributed by atoms with Gasteiger partial charge in [-0.25, -0.2) is 8.42 Å². The second kappa shape index (κ2) is 9.43. The zero-order valence-corrected chi connectivity index (χ0v) is 20.2. The number of benzene rings is 2. The Balaban J connectivity index is 1.84. The van der Waals surface area contributed by atoms with Crippen molar-refractivity contribution in [2.75, 3.05) is 31.4 Å². The van der Waals surface area contributed by atoms with E-state index in [4.69, 9.17) is 4.74 Å². The lowest BCUT2D eigenvalue weighted by atomic mass is 10.1. The molecule has 5 nitrogen and oxygen atoms in total. The first-order valence-corrected chi connectivity index (χ1v) is 13.8. The number of para-hydroxylation sites is 1. The number of anilines is 2. The Labute approximate surface area is 190 Å². The van der Waals surface area contributed by atoms with E-state index in [0.717, 1.165) is 35.5 Å². The summed E-state index contributed by atoms with van der Waals surface area (Å²) in [7, 11) is -1.92. The molecular weight excluding hydrogens is 428 g/mol. The van der Waals surface area contributed by atoms with Crippen LogP contribution < -0.4 is 9.64 Å². The summed E-state index contributed by atoms with van der Waals surface area (Å²) < 4.78 is 35.1. The first kappa shape index (κ1) is 22.5. The molecule has 0 bridgehead atoms. The van der Waals surface area contributed by atoms with Crippen molar-refractivity contribution in [3.05, 3.63) is 42.5 Å². The molecule has 2 aromatic carbocycles. The van der Waals surface area contributed by atoms with Gasteiger partial charge in [0.15, 0.2) is 0 Å². The molecular formula is C24H32N2O3S2. The zero-order valence-electron chi connectivity index (χ0n) is 18.6. The standard InChI is InChI=1S/C24H32N2O3S2/c1-4-5-9-20-16-26(19-10-7-6-8-11-19)21-14-23(30-3)22(29-17-18-12-13-18)15-24(21)31(27,28)25(20)2/h6-8,10-11,14-15,18,20H,4-5,9,12-13,16-17H2,1-3H3/t20-/m0/s1. The van der Waals surface area contributed by atoms with E-state index in [1.165, 1.54) is 12.8 Å². The van der Waals surface area contributed by atoms with E-state index in [9.17, 15) is 8.42 Å².